The molecule has 0 unspecified atom stereocenters. The molecular weight excluding hydrogens is 404 g/mol. The summed E-state index contributed by atoms with van der Waals surface area (Å²) in [4.78, 5) is 25.3. The van der Waals surface area contributed by atoms with Gasteiger partial charge in [-0.15, -0.1) is 0 Å². The molecule has 0 aliphatic rings. The number of hydrogen-bond donors (Lipinski definition) is 4. The van der Waals surface area contributed by atoms with Gasteiger partial charge in [0.1, 0.15) is 12.4 Å². The van der Waals surface area contributed by atoms with Crippen LogP contribution < -0.4 is 15.9 Å². The van der Waals surface area contributed by atoms with Gasteiger partial charge in [-0.1, -0.05) is 48.0 Å². The van der Waals surface area contributed by atoms with Crippen LogP contribution in [0, 0.1) is 13.8 Å². The molecule has 8 heteroatoms. The first-order chi connectivity index (χ1) is 14.5. The fourth-order valence-corrected chi connectivity index (χ4v) is 3.87. The van der Waals surface area contributed by atoms with Crippen LogP contribution in [0.1, 0.15) is 39.6 Å². The number of para-hydroxylation sites is 1. The van der Waals surface area contributed by atoms with Crippen LogP contribution in [0.4, 0.5) is 0 Å². The molecule has 0 spiro atoms. The molecule has 0 saturated heterocycles. The molecular formula is C22H21ClN4O3. The number of benzene rings is 2. The van der Waals surface area contributed by atoms with E-state index in [1.54, 1.807) is 19.9 Å². The summed E-state index contributed by atoms with van der Waals surface area (Å²) in [6, 6.07) is 14.9. The molecule has 0 fully saturated rings. The number of halogens is 1. The second-order valence-corrected chi connectivity index (χ2v) is 7.49. The van der Waals surface area contributed by atoms with Crippen molar-refractivity contribution >= 4 is 11.6 Å². The Morgan fingerprint density at radius 1 is 0.833 bits per heavy atom. The Morgan fingerprint density at radius 2 is 1.40 bits per heavy atom. The van der Waals surface area contributed by atoms with Gasteiger partial charge in [-0.25, -0.2) is 0 Å². The minimum Gasteiger partial charge on any atom is -0.489 e. The van der Waals surface area contributed by atoms with Crippen LogP contribution in [0.15, 0.2) is 58.1 Å². The summed E-state index contributed by atoms with van der Waals surface area (Å²) in [6.45, 7) is 3.85. The van der Waals surface area contributed by atoms with Crippen LogP contribution in [-0.4, -0.2) is 20.4 Å². The van der Waals surface area contributed by atoms with E-state index < -0.39 is 5.92 Å². The van der Waals surface area contributed by atoms with Gasteiger partial charge >= 0.3 is 0 Å². The van der Waals surface area contributed by atoms with Crippen molar-refractivity contribution in [3.63, 3.8) is 0 Å². The van der Waals surface area contributed by atoms with Crippen molar-refractivity contribution in [1.29, 1.82) is 0 Å². The van der Waals surface area contributed by atoms with Crippen LogP contribution in [0.3, 0.4) is 0 Å². The van der Waals surface area contributed by atoms with E-state index in [1.165, 1.54) is 0 Å². The third-order valence-electron chi connectivity index (χ3n) is 5.17. The lowest BCUT2D eigenvalue weighted by atomic mass is 9.85. The number of hydrogen-bond acceptors (Lipinski definition) is 3. The van der Waals surface area contributed by atoms with Gasteiger partial charge in [0.25, 0.3) is 11.1 Å². The van der Waals surface area contributed by atoms with Crippen molar-refractivity contribution in [3.8, 4) is 5.75 Å². The summed E-state index contributed by atoms with van der Waals surface area (Å²) in [7, 11) is 0. The van der Waals surface area contributed by atoms with Gasteiger partial charge in [-0.2, -0.15) is 0 Å². The largest absolute Gasteiger partial charge is 0.489 e. The normalized spacial score (nSPS) is 11.2. The third kappa shape index (κ3) is 3.59. The van der Waals surface area contributed by atoms with Crippen molar-refractivity contribution in [2.75, 3.05) is 0 Å². The molecule has 2 heterocycles. The minimum absolute atomic E-state index is 0.258. The summed E-state index contributed by atoms with van der Waals surface area (Å²) in [5.74, 6) is -0.0418. The topological polar surface area (TPSA) is 107 Å². The molecule has 7 nitrogen and oxygen atoms in total. The SMILES string of the molecule is Cc1[nH][nH]c(=O)c1C(c1ccccc1OCc1ccccc1Cl)c1c(C)[nH][nH]c1=O. The Hall–Kier alpha value is -3.45. The standard InChI is InChI=1S/C22H21ClN4O3/c1-12-18(21(28)26-24-12)20(19-13(2)25-27-22(19)29)15-8-4-6-10-17(15)30-11-14-7-3-5-9-16(14)23/h3-10,20H,11H2,1-2H3,(H2,24,26,28)(H2,25,27,29). The first kappa shape index (κ1) is 19.8. The molecule has 0 radical (unpaired) electrons. The fraction of sp³-hybridized carbons (Fsp3) is 0.182. The summed E-state index contributed by atoms with van der Waals surface area (Å²) in [5, 5.41) is 11.5. The number of nitrogens with one attached hydrogen (secondary N) is 4. The van der Waals surface area contributed by atoms with Crippen molar-refractivity contribution in [2.45, 2.75) is 26.4 Å². The van der Waals surface area contributed by atoms with Crippen molar-refractivity contribution in [3.05, 3.63) is 108 Å². The van der Waals surface area contributed by atoms with Gasteiger partial charge in [0.15, 0.2) is 0 Å². The van der Waals surface area contributed by atoms with E-state index in [9.17, 15) is 9.59 Å². The predicted octanol–water partition coefficient (Wildman–Crippen LogP) is 3.75. The van der Waals surface area contributed by atoms with Gasteiger partial charge in [0.05, 0.1) is 17.0 Å². The van der Waals surface area contributed by atoms with Gasteiger partial charge in [0, 0.05) is 27.5 Å². The Labute approximate surface area is 177 Å². The molecule has 2 aromatic carbocycles. The molecule has 0 amide bonds. The number of H-pyrrole nitrogens is 4. The summed E-state index contributed by atoms with van der Waals surface area (Å²) < 4.78 is 6.11. The van der Waals surface area contributed by atoms with Gasteiger partial charge in [0.2, 0.25) is 0 Å². The molecule has 0 saturated carbocycles. The maximum absolute atomic E-state index is 12.6. The van der Waals surface area contributed by atoms with E-state index >= 15 is 0 Å². The smallest absolute Gasteiger partial charge is 0.268 e. The number of aromatic amines is 4. The Morgan fingerprint density at radius 3 is 1.97 bits per heavy atom. The second-order valence-electron chi connectivity index (χ2n) is 7.09. The molecule has 0 atom stereocenters. The lowest BCUT2D eigenvalue weighted by Crippen LogP contribution is -2.21. The van der Waals surface area contributed by atoms with Crippen LogP contribution in [0.2, 0.25) is 5.02 Å². The van der Waals surface area contributed by atoms with E-state index in [-0.39, 0.29) is 17.7 Å². The van der Waals surface area contributed by atoms with Crippen LogP contribution >= 0.6 is 11.6 Å². The van der Waals surface area contributed by atoms with Crippen LogP contribution in [-0.2, 0) is 6.61 Å². The van der Waals surface area contributed by atoms with Crippen LogP contribution in [0.25, 0.3) is 0 Å². The zero-order chi connectivity index (χ0) is 21.3. The summed E-state index contributed by atoms with van der Waals surface area (Å²) in [6.07, 6.45) is 0. The summed E-state index contributed by atoms with van der Waals surface area (Å²) >= 11 is 6.26. The van der Waals surface area contributed by atoms with E-state index in [4.69, 9.17) is 16.3 Å². The van der Waals surface area contributed by atoms with Crippen molar-refractivity contribution in [1.82, 2.24) is 20.4 Å². The Kier molecular flexibility index (Phi) is 5.37. The molecule has 0 bridgehead atoms. The molecule has 30 heavy (non-hydrogen) atoms. The van der Waals surface area contributed by atoms with Gasteiger partial charge in [-0.3, -0.25) is 19.8 Å². The third-order valence-corrected chi connectivity index (χ3v) is 5.54. The van der Waals surface area contributed by atoms with Crippen LogP contribution in [0.5, 0.6) is 5.75 Å². The molecule has 2 aromatic heterocycles. The predicted molar refractivity (Wildman–Crippen MR) is 115 cm³/mol. The number of rotatable bonds is 6. The molecule has 4 N–H and O–H groups in total. The second kappa shape index (κ2) is 8.12. The maximum atomic E-state index is 12.6. The lowest BCUT2D eigenvalue weighted by Gasteiger charge is -2.20. The number of aryl methyl sites for hydroxylation is 2. The monoisotopic (exact) mass is 424 g/mol. The molecule has 0 aliphatic heterocycles. The van der Waals surface area contributed by atoms with Crippen molar-refractivity contribution in [2.24, 2.45) is 0 Å². The average Bonchev–Trinajstić information content (AvgIpc) is 3.25. The van der Waals surface area contributed by atoms with Gasteiger partial charge < -0.3 is 14.9 Å². The average molecular weight is 425 g/mol. The van der Waals surface area contributed by atoms with E-state index in [0.29, 0.717) is 38.9 Å². The highest BCUT2D eigenvalue weighted by Gasteiger charge is 2.30. The van der Waals surface area contributed by atoms with Crippen molar-refractivity contribution < 1.29 is 4.74 Å². The molecule has 4 aromatic rings. The maximum Gasteiger partial charge on any atom is 0.268 e. The van der Waals surface area contributed by atoms with E-state index in [0.717, 1.165) is 5.56 Å². The molecule has 4 rings (SSSR count). The van der Waals surface area contributed by atoms with E-state index in [2.05, 4.69) is 20.4 Å². The first-order valence-electron chi connectivity index (χ1n) is 9.46. The molecule has 0 aliphatic carbocycles. The molecule has 154 valence electrons. The Balaban J connectivity index is 1.84. The quantitative estimate of drug-likeness (QED) is 0.378. The van der Waals surface area contributed by atoms with E-state index in [1.807, 2.05) is 42.5 Å². The summed E-state index contributed by atoms with van der Waals surface area (Å²) in [5.41, 5.74) is 3.26. The number of aromatic nitrogens is 4. The highest BCUT2D eigenvalue weighted by molar-refractivity contribution is 6.31. The first-order valence-corrected chi connectivity index (χ1v) is 9.84. The highest BCUT2D eigenvalue weighted by atomic mass is 35.5. The Bertz CT molecular complexity index is 1240. The lowest BCUT2D eigenvalue weighted by molar-refractivity contribution is 0.302. The highest BCUT2D eigenvalue weighted by Crippen LogP contribution is 2.36. The zero-order valence-corrected chi connectivity index (χ0v) is 17.3. The zero-order valence-electron chi connectivity index (χ0n) is 16.5. The number of ether oxygens (including phenoxy) is 1. The minimum atomic E-state index is -0.613. The fourth-order valence-electron chi connectivity index (χ4n) is 3.68. The van der Waals surface area contributed by atoms with Gasteiger partial charge in [-0.05, 0) is 26.0 Å².